The number of carbonyl (C=O) groups is 1. The zero-order chi connectivity index (χ0) is 16.9. The highest BCUT2D eigenvalue weighted by molar-refractivity contribution is 9.10. The van der Waals surface area contributed by atoms with Gasteiger partial charge in [-0.2, -0.15) is 0 Å². The van der Waals surface area contributed by atoms with Gasteiger partial charge in [0, 0.05) is 14.9 Å². The van der Waals surface area contributed by atoms with Gasteiger partial charge in [0.25, 0.3) is 5.91 Å². The van der Waals surface area contributed by atoms with Crippen LogP contribution in [0.2, 0.25) is 0 Å². The Labute approximate surface area is 153 Å². The van der Waals surface area contributed by atoms with Gasteiger partial charge >= 0.3 is 0 Å². The fraction of sp³-hybridized carbons (Fsp3) is 0.158. The molecule has 0 unspecified atom stereocenters. The van der Waals surface area contributed by atoms with Crippen LogP contribution < -0.4 is 5.32 Å². The molecule has 1 amide bonds. The highest BCUT2D eigenvalue weighted by Crippen LogP contribution is 2.32. The first-order valence-electron chi connectivity index (χ1n) is 7.80. The molecule has 0 saturated heterocycles. The number of thiazole rings is 1. The molecule has 0 radical (unpaired) electrons. The van der Waals surface area contributed by atoms with Crippen molar-refractivity contribution in [3.63, 3.8) is 0 Å². The molecule has 0 bridgehead atoms. The van der Waals surface area contributed by atoms with Crippen molar-refractivity contribution in [2.24, 2.45) is 0 Å². The molecular weight excluding hydrogens is 384 g/mol. The minimum atomic E-state index is -0.154. The minimum Gasteiger partial charge on any atom is -0.298 e. The van der Waals surface area contributed by atoms with Crippen LogP contribution in [0.3, 0.4) is 0 Å². The molecule has 3 aromatic rings. The van der Waals surface area contributed by atoms with E-state index in [4.69, 9.17) is 0 Å². The third-order valence-electron chi connectivity index (χ3n) is 3.56. The summed E-state index contributed by atoms with van der Waals surface area (Å²) < 4.78 is 0.774. The first-order valence-corrected chi connectivity index (χ1v) is 9.41. The predicted molar refractivity (Wildman–Crippen MR) is 104 cm³/mol. The van der Waals surface area contributed by atoms with Crippen LogP contribution >= 0.6 is 27.3 Å². The Morgan fingerprint density at radius 3 is 2.54 bits per heavy atom. The molecule has 0 aliphatic carbocycles. The quantitative estimate of drug-likeness (QED) is 0.589. The van der Waals surface area contributed by atoms with Crippen molar-refractivity contribution < 1.29 is 4.79 Å². The van der Waals surface area contributed by atoms with Crippen molar-refractivity contribution in [3.05, 3.63) is 69.5 Å². The third-order valence-corrected chi connectivity index (χ3v) is 5.28. The summed E-state index contributed by atoms with van der Waals surface area (Å²) in [6.07, 6.45) is 1.99. The summed E-state index contributed by atoms with van der Waals surface area (Å²) in [5.41, 5.74) is 2.65. The van der Waals surface area contributed by atoms with Crippen LogP contribution in [0.25, 0.3) is 11.3 Å². The van der Waals surface area contributed by atoms with Crippen LogP contribution in [0.4, 0.5) is 5.13 Å². The smallest absolute Gasteiger partial charge is 0.258 e. The maximum atomic E-state index is 12.5. The zero-order valence-electron chi connectivity index (χ0n) is 13.3. The molecule has 0 atom stereocenters. The number of hydrogen-bond acceptors (Lipinski definition) is 3. The second kappa shape index (κ2) is 7.73. The number of aryl methyl sites for hydroxylation is 1. The molecule has 5 heteroatoms. The predicted octanol–water partition coefficient (Wildman–Crippen LogP) is 5.78. The third kappa shape index (κ3) is 3.74. The van der Waals surface area contributed by atoms with E-state index in [2.05, 4.69) is 33.2 Å². The summed E-state index contributed by atoms with van der Waals surface area (Å²) in [4.78, 5) is 18.3. The number of aromatic nitrogens is 1. The maximum Gasteiger partial charge on any atom is 0.258 e. The average Bonchev–Trinajstić information content (AvgIpc) is 2.99. The summed E-state index contributed by atoms with van der Waals surface area (Å²) in [5.74, 6) is -0.154. The number of nitrogens with zero attached hydrogens (tertiary/aromatic N) is 1. The molecule has 3 nitrogen and oxygen atoms in total. The highest BCUT2D eigenvalue weighted by Gasteiger charge is 2.16. The van der Waals surface area contributed by atoms with E-state index in [1.807, 2.05) is 48.5 Å². The molecule has 0 aliphatic rings. The van der Waals surface area contributed by atoms with Crippen molar-refractivity contribution in [2.45, 2.75) is 19.8 Å². The van der Waals surface area contributed by atoms with E-state index in [1.165, 1.54) is 4.88 Å². The zero-order valence-corrected chi connectivity index (χ0v) is 15.7. The summed E-state index contributed by atoms with van der Waals surface area (Å²) in [7, 11) is 0. The van der Waals surface area contributed by atoms with Gasteiger partial charge in [-0.1, -0.05) is 55.8 Å². The van der Waals surface area contributed by atoms with Crippen molar-refractivity contribution in [3.8, 4) is 11.3 Å². The monoisotopic (exact) mass is 400 g/mol. The maximum absolute atomic E-state index is 12.5. The van der Waals surface area contributed by atoms with Crippen molar-refractivity contribution in [1.82, 2.24) is 4.98 Å². The first-order chi connectivity index (χ1) is 11.7. The molecule has 2 aromatic carbocycles. The molecular formula is C19H17BrN2OS. The van der Waals surface area contributed by atoms with E-state index < -0.39 is 0 Å². The molecule has 1 heterocycles. The van der Waals surface area contributed by atoms with Crippen molar-refractivity contribution in [2.75, 3.05) is 5.32 Å². The van der Waals surface area contributed by atoms with Gasteiger partial charge in [-0.25, -0.2) is 4.98 Å². The summed E-state index contributed by atoms with van der Waals surface area (Å²) in [6, 6.07) is 17.5. The van der Waals surface area contributed by atoms with Gasteiger partial charge in [-0.3, -0.25) is 10.1 Å². The normalized spacial score (nSPS) is 10.6. The van der Waals surface area contributed by atoms with Crippen LogP contribution in [0, 0.1) is 0 Å². The summed E-state index contributed by atoms with van der Waals surface area (Å²) >= 11 is 4.96. The average molecular weight is 401 g/mol. The van der Waals surface area contributed by atoms with Crippen molar-refractivity contribution in [1.29, 1.82) is 0 Å². The molecule has 1 aromatic heterocycles. The molecule has 24 heavy (non-hydrogen) atoms. The number of hydrogen-bond donors (Lipinski definition) is 1. The number of carbonyl (C=O) groups excluding carboxylic acids is 1. The lowest BCUT2D eigenvalue weighted by Gasteiger charge is -2.03. The second-order valence-electron chi connectivity index (χ2n) is 5.34. The summed E-state index contributed by atoms with van der Waals surface area (Å²) in [6.45, 7) is 2.15. The minimum absolute atomic E-state index is 0.154. The Bertz CT molecular complexity index is 846. The van der Waals surface area contributed by atoms with Gasteiger partial charge in [-0.15, -0.1) is 11.3 Å². The van der Waals surface area contributed by atoms with E-state index in [0.29, 0.717) is 10.7 Å². The lowest BCUT2D eigenvalue weighted by atomic mass is 10.1. The second-order valence-corrected chi connectivity index (χ2v) is 7.28. The topological polar surface area (TPSA) is 42.0 Å². The van der Waals surface area contributed by atoms with Gasteiger partial charge in [-0.05, 0) is 34.5 Å². The fourth-order valence-corrected chi connectivity index (χ4v) is 3.98. The van der Waals surface area contributed by atoms with Crippen molar-refractivity contribution >= 4 is 38.3 Å². The van der Waals surface area contributed by atoms with E-state index in [1.54, 1.807) is 17.4 Å². The Morgan fingerprint density at radius 2 is 1.83 bits per heavy atom. The standard InChI is InChI=1S/C19H17BrN2OS/c1-2-8-16-17(13-9-4-3-5-10-13)21-19(24-16)22-18(23)14-11-6-7-12-15(14)20/h3-7,9-12H,2,8H2,1H3,(H,21,22,23). The highest BCUT2D eigenvalue weighted by atomic mass is 79.9. The Balaban J connectivity index is 1.89. The molecule has 0 spiro atoms. The molecule has 0 aliphatic heterocycles. The Kier molecular flexibility index (Phi) is 5.43. The van der Waals surface area contributed by atoms with Crippen LogP contribution in [0.1, 0.15) is 28.6 Å². The number of benzene rings is 2. The lowest BCUT2D eigenvalue weighted by molar-refractivity contribution is 0.102. The number of halogens is 1. The SMILES string of the molecule is CCCc1sc(NC(=O)c2ccccc2Br)nc1-c1ccccc1. The van der Waals surface area contributed by atoms with Crippen LogP contribution in [-0.2, 0) is 6.42 Å². The van der Waals surface area contributed by atoms with Crippen LogP contribution in [0.15, 0.2) is 59.1 Å². The number of anilines is 1. The van der Waals surface area contributed by atoms with E-state index in [-0.39, 0.29) is 5.91 Å². The summed E-state index contributed by atoms with van der Waals surface area (Å²) in [5, 5.41) is 3.56. The molecule has 0 saturated carbocycles. The van der Waals surface area contributed by atoms with Crippen LogP contribution in [0.5, 0.6) is 0 Å². The van der Waals surface area contributed by atoms with Gasteiger partial charge in [0.15, 0.2) is 5.13 Å². The molecule has 3 rings (SSSR count). The van der Waals surface area contributed by atoms with Gasteiger partial charge < -0.3 is 0 Å². The van der Waals surface area contributed by atoms with Crippen LogP contribution in [-0.4, -0.2) is 10.9 Å². The van der Waals surface area contributed by atoms with E-state index in [9.17, 15) is 4.79 Å². The van der Waals surface area contributed by atoms with Gasteiger partial charge in [0.2, 0.25) is 0 Å². The fourth-order valence-electron chi connectivity index (χ4n) is 2.43. The van der Waals surface area contributed by atoms with Gasteiger partial charge in [0.1, 0.15) is 0 Å². The van der Waals surface area contributed by atoms with E-state index >= 15 is 0 Å². The number of nitrogens with one attached hydrogen (secondary N) is 1. The Hall–Kier alpha value is -1.98. The first kappa shape index (κ1) is 16.9. The number of amides is 1. The number of rotatable bonds is 5. The Morgan fingerprint density at radius 1 is 1.12 bits per heavy atom. The van der Waals surface area contributed by atoms with E-state index in [0.717, 1.165) is 28.6 Å². The molecule has 1 N–H and O–H groups in total. The lowest BCUT2D eigenvalue weighted by Crippen LogP contribution is -2.12. The molecule has 122 valence electrons. The largest absolute Gasteiger partial charge is 0.298 e. The molecule has 0 fully saturated rings. The van der Waals surface area contributed by atoms with Gasteiger partial charge in [0.05, 0.1) is 11.3 Å².